The minimum absolute atomic E-state index is 0.697. The van der Waals surface area contributed by atoms with Crippen molar-refractivity contribution < 1.29 is 0 Å². The van der Waals surface area contributed by atoms with Crippen LogP contribution in [0.4, 0.5) is 0 Å². The highest BCUT2D eigenvalue weighted by Gasteiger charge is 2.13. The normalized spacial score (nSPS) is 21.8. The highest BCUT2D eigenvalue weighted by Crippen LogP contribution is 2.27. The largest absolute Gasteiger partial charge is 0.242 e. The van der Waals surface area contributed by atoms with E-state index in [0.717, 1.165) is 0 Å². The number of aromatic nitrogens is 1. The third-order valence-electron chi connectivity index (χ3n) is 1.92. The van der Waals surface area contributed by atoms with E-state index >= 15 is 0 Å². The van der Waals surface area contributed by atoms with Crippen LogP contribution in [-0.4, -0.2) is 4.98 Å². The van der Waals surface area contributed by atoms with E-state index in [1.165, 1.54) is 22.0 Å². The molecule has 1 aliphatic rings. The second-order valence-corrected chi connectivity index (χ2v) is 4.37. The Morgan fingerprint density at radius 2 is 2.45 bits per heavy atom. The third-order valence-corrected chi connectivity index (χ3v) is 2.93. The lowest BCUT2D eigenvalue weighted by Gasteiger charge is -2.08. The topological polar surface area (TPSA) is 12.9 Å². The molecule has 0 fully saturated rings. The summed E-state index contributed by atoms with van der Waals surface area (Å²) >= 11 is 1.83. The summed E-state index contributed by atoms with van der Waals surface area (Å²) in [4.78, 5) is 5.87. The molecule has 0 bridgehead atoms. The predicted octanol–water partition coefficient (Wildman–Crippen LogP) is 2.66. The second-order valence-electron chi connectivity index (χ2n) is 3.08. The van der Waals surface area contributed by atoms with E-state index in [9.17, 15) is 0 Å². The van der Waals surface area contributed by atoms with Gasteiger partial charge >= 0.3 is 0 Å². The van der Waals surface area contributed by atoms with Crippen molar-refractivity contribution in [2.75, 3.05) is 0 Å². The summed E-state index contributed by atoms with van der Waals surface area (Å²) < 4.78 is 0. The molecule has 1 heterocycles. The minimum Gasteiger partial charge on any atom is -0.242 e. The number of nitrogens with zero attached hydrogens (tertiary/aromatic N) is 1. The molecule has 0 radical (unpaired) electrons. The molecule has 1 aromatic heterocycles. The molecule has 0 saturated carbocycles. The Kier molecular flexibility index (Phi) is 1.57. The number of fused-ring (bicyclic) bond motifs is 1. The van der Waals surface area contributed by atoms with Crippen molar-refractivity contribution in [2.24, 2.45) is 5.92 Å². The van der Waals surface area contributed by atoms with E-state index in [1.807, 2.05) is 11.3 Å². The lowest BCUT2D eigenvalue weighted by Crippen LogP contribution is -1.99. The molecule has 0 spiro atoms. The van der Waals surface area contributed by atoms with E-state index in [0.29, 0.717) is 5.92 Å². The van der Waals surface area contributed by atoms with Crippen molar-refractivity contribution in [3.8, 4) is 0 Å². The van der Waals surface area contributed by atoms with Crippen LogP contribution in [-0.2, 0) is 6.42 Å². The number of allylic oxidation sites excluding steroid dienone is 1. The predicted molar refractivity (Wildman–Crippen MR) is 48.8 cm³/mol. The van der Waals surface area contributed by atoms with Gasteiger partial charge in [0.05, 0.1) is 10.7 Å². The molecule has 0 aromatic carbocycles. The Labute approximate surface area is 70.8 Å². The van der Waals surface area contributed by atoms with E-state index in [-0.39, 0.29) is 0 Å². The first-order valence-electron chi connectivity index (χ1n) is 3.90. The fourth-order valence-corrected chi connectivity index (χ4v) is 2.44. The molecule has 2 rings (SSSR count). The summed E-state index contributed by atoms with van der Waals surface area (Å²) in [5.41, 5.74) is 1.20. The zero-order valence-electron chi connectivity index (χ0n) is 6.79. The van der Waals surface area contributed by atoms with E-state index in [1.54, 1.807) is 0 Å². The molecule has 11 heavy (non-hydrogen) atoms. The molecule has 58 valence electrons. The van der Waals surface area contributed by atoms with Gasteiger partial charge in [-0.05, 0) is 25.3 Å². The number of hydrogen-bond donors (Lipinski definition) is 0. The van der Waals surface area contributed by atoms with Gasteiger partial charge in [-0.3, -0.25) is 0 Å². The van der Waals surface area contributed by atoms with Crippen LogP contribution < -0.4 is 0 Å². The van der Waals surface area contributed by atoms with E-state index < -0.39 is 0 Å². The van der Waals surface area contributed by atoms with Crippen LogP contribution in [0.2, 0.25) is 0 Å². The Morgan fingerprint density at radius 1 is 1.64 bits per heavy atom. The Bertz CT molecular complexity index is 299. The summed E-state index contributed by atoms with van der Waals surface area (Å²) in [7, 11) is 0. The fraction of sp³-hybridized carbons (Fsp3) is 0.444. The van der Waals surface area contributed by atoms with Gasteiger partial charge in [-0.1, -0.05) is 13.0 Å². The van der Waals surface area contributed by atoms with Crippen LogP contribution >= 0.6 is 11.3 Å². The zero-order valence-corrected chi connectivity index (χ0v) is 7.61. The monoisotopic (exact) mass is 165 g/mol. The van der Waals surface area contributed by atoms with Crippen LogP contribution in [0.25, 0.3) is 6.08 Å². The first kappa shape index (κ1) is 7.04. The molecule has 1 aliphatic carbocycles. The summed E-state index contributed by atoms with van der Waals surface area (Å²) in [6.07, 6.45) is 5.56. The van der Waals surface area contributed by atoms with E-state index in [2.05, 4.69) is 31.0 Å². The van der Waals surface area contributed by atoms with Gasteiger partial charge in [-0.2, -0.15) is 0 Å². The summed E-state index contributed by atoms with van der Waals surface area (Å²) in [5.74, 6) is 0.697. The first-order chi connectivity index (χ1) is 5.25. The van der Waals surface area contributed by atoms with Crippen molar-refractivity contribution in [3.05, 3.63) is 21.7 Å². The smallest absolute Gasteiger partial charge is 0.0904 e. The first-order valence-corrected chi connectivity index (χ1v) is 4.72. The summed E-state index contributed by atoms with van der Waals surface area (Å²) in [5, 5.41) is 1.19. The third kappa shape index (κ3) is 1.23. The van der Waals surface area contributed by atoms with Gasteiger partial charge in [0.25, 0.3) is 0 Å². The van der Waals surface area contributed by atoms with Crippen molar-refractivity contribution in [1.29, 1.82) is 0 Å². The van der Waals surface area contributed by atoms with Gasteiger partial charge in [-0.25, -0.2) is 4.98 Å². The molecular formula is C9H11NS. The lowest BCUT2D eigenvalue weighted by molar-refractivity contribution is 0.724. The highest BCUT2D eigenvalue weighted by atomic mass is 32.1. The Balaban J connectivity index is 2.44. The van der Waals surface area contributed by atoms with Crippen LogP contribution in [0.3, 0.4) is 0 Å². The van der Waals surface area contributed by atoms with Crippen LogP contribution in [0.15, 0.2) is 6.08 Å². The summed E-state index contributed by atoms with van der Waals surface area (Å²) in [6, 6.07) is 0. The zero-order chi connectivity index (χ0) is 7.84. The molecule has 1 atom stereocenters. The molecule has 0 amide bonds. The van der Waals surface area contributed by atoms with Crippen LogP contribution in [0.1, 0.15) is 22.5 Å². The molecule has 0 N–H and O–H groups in total. The Hall–Kier alpha value is -0.630. The summed E-state index contributed by atoms with van der Waals surface area (Å²) in [6.45, 7) is 4.32. The van der Waals surface area contributed by atoms with Crippen molar-refractivity contribution in [3.63, 3.8) is 0 Å². The number of thiazole rings is 1. The molecule has 0 aliphatic heterocycles. The SMILES string of the molecule is Cc1nc2c(s1)CC(C)C=C2. The molecule has 0 saturated heterocycles. The van der Waals surface area contributed by atoms with Gasteiger partial charge in [0.1, 0.15) is 0 Å². The molecule has 1 aromatic rings. The maximum atomic E-state index is 4.42. The standard InChI is InChI=1S/C9H11NS/c1-6-3-4-8-9(5-6)11-7(2)10-8/h3-4,6H,5H2,1-2H3. The van der Waals surface area contributed by atoms with Crippen molar-refractivity contribution in [2.45, 2.75) is 20.3 Å². The average Bonchev–Trinajstić information content (AvgIpc) is 2.27. The molecule has 2 heteroatoms. The van der Waals surface area contributed by atoms with Crippen molar-refractivity contribution in [1.82, 2.24) is 4.98 Å². The fourth-order valence-electron chi connectivity index (χ4n) is 1.38. The van der Waals surface area contributed by atoms with Crippen molar-refractivity contribution >= 4 is 17.4 Å². The molecule has 1 nitrogen and oxygen atoms in total. The number of hydrogen-bond acceptors (Lipinski definition) is 2. The van der Waals surface area contributed by atoms with Gasteiger partial charge in [0.2, 0.25) is 0 Å². The van der Waals surface area contributed by atoms with Gasteiger partial charge in [0, 0.05) is 4.88 Å². The molecule has 1 unspecified atom stereocenters. The number of aryl methyl sites for hydroxylation is 1. The van der Waals surface area contributed by atoms with Crippen LogP contribution in [0.5, 0.6) is 0 Å². The Morgan fingerprint density at radius 3 is 3.27 bits per heavy atom. The average molecular weight is 165 g/mol. The maximum Gasteiger partial charge on any atom is 0.0904 e. The van der Waals surface area contributed by atoms with Gasteiger partial charge in [-0.15, -0.1) is 11.3 Å². The number of rotatable bonds is 0. The quantitative estimate of drug-likeness (QED) is 0.576. The molecular weight excluding hydrogens is 154 g/mol. The minimum atomic E-state index is 0.697. The van der Waals surface area contributed by atoms with Gasteiger partial charge in [0.15, 0.2) is 0 Å². The van der Waals surface area contributed by atoms with E-state index in [4.69, 9.17) is 0 Å². The lowest BCUT2D eigenvalue weighted by atomic mass is 10.0. The second kappa shape index (κ2) is 2.45. The van der Waals surface area contributed by atoms with Crippen LogP contribution in [0, 0.1) is 12.8 Å². The highest BCUT2D eigenvalue weighted by molar-refractivity contribution is 7.11. The van der Waals surface area contributed by atoms with Gasteiger partial charge < -0.3 is 0 Å². The maximum absolute atomic E-state index is 4.42.